The van der Waals surface area contributed by atoms with Crippen LogP contribution in [0.1, 0.15) is 11.3 Å². The Morgan fingerprint density at radius 2 is 1.84 bits per heavy atom. The van der Waals surface area contributed by atoms with E-state index >= 15 is 0 Å². The monoisotopic (exact) mass is 247 g/mol. The van der Waals surface area contributed by atoms with Gasteiger partial charge in [0.2, 0.25) is 0 Å². The summed E-state index contributed by atoms with van der Waals surface area (Å²) in [6.45, 7) is 0. The van der Waals surface area contributed by atoms with E-state index in [0.29, 0.717) is 0 Å². The zero-order valence-electron chi connectivity index (χ0n) is 10.4. The maximum Gasteiger partial charge on any atom is 0.0923 e. The normalized spacial score (nSPS) is 11.4. The molecule has 4 rings (SSSR count). The third-order valence-electron chi connectivity index (χ3n) is 3.51. The largest absolute Gasteiger partial charge is 0.355 e. The number of benzene rings is 2. The van der Waals surface area contributed by atoms with Crippen LogP contribution in [0.15, 0.2) is 55.0 Å². The van der Waals surface area contributed by atoms with Crippen molar-refractivity contribution >= 4 is 21.8 Å². The Hall–Kier alpha value is -2.55. The van der Waals surface area contributed by atoms with Crippen LogP contribution in [0.2, 0.25) is 0 Å². The SMILES string of the molecule is c1ccc2c(c1)[nH]c1ccc(Cc3c[nH]cn3)cc12. The molecule has 2 heterocycles. The summed E-state index contributed by atoms with van der Waals surface area (Å²) in [6.07, 6.45) is 4.53. The van der Waals surface area contributed by atoms with Gasteiger partial charge in [0, 0.05) is 34.4 Å². The van der Waals surface area contributed by atoms with Gasteiger partial charge in [-0.05, 0) is 23.8 Å². The molecule has 0 amide bonds. The van der Waals surface area contributed by atoms with Crippen molar-refractivity contribution in [1.29, 1.82) is 0 Å². The van der Waals surface area contributed by atoms with Crippen molar-refractivity contribution in [1.82, 2.24) is 15.0 Å². The molecule has 0 saturated heterocycles. The van der Waals surface area contributed by atoms with Crippen LogP contribution < -0.4 is 0 Å². The molecule has 3 heteroatoms. The summed E-state index contributed by atoms with van der Waals surface area (Å²) < 4.78 is 0. The minimum atomic E-state index is 0.860. The second kappa shape index (κ2) is 3.99. The van der Waals surface area contributed by atoms with Gasteiger partial charge in [-0.2, -0.15) is 0 Å². The lowest BCUT2D eigenvalue weighted by Gasteiger charge is -1.99. The maximum absolute atomic E-state index is 4.28. The number of para-hydroxylation sites is 1. The molecule has 19 heavy (non-hydrogen) atoms. The van der Waals surface area contributed by atoms with Crippen LogP contribution in [0.4, 0.5) is 0 Å². The first-order chi connectivity index (χ1) is 9.40. The van der Waals surface area contributed by atoms with E-state index in [2.05, 4.69) is 57.4 Å². The number of nitrogens with zero attached hydrogens (tertiary/aromatic N) is 1. The van der Waals surface area contributed by atoms with E-state index in [4.69, 9.17) is 0 Å². The van der Waals surface area contributed by atoms with E-state index in [1.165, 1.54) is 27.4 Å². The molecular weight excluding hydrogens is 234 g/mol. The van der Waals surface area contributed by atoms with Gasteiger partial charge in [0.25, 0.3) is 0 Å². The Kier molecular flexibility index (Phi) is 2.18. The molecule has 2 aromatic carbocycles. The van der Waals surface area contributed by atoms with Gasteiger partial charge in [-0.15, -0.1) is 0 Å². The standard InChI is InChI=1S/C16H13N3/c1-2-4-15-13(3-1)14-8-11(5-6-16(14)19-15)7-12-9-17-10-18-12/h1-6,8-10,19H,7H2,(H,17,18). The zero-order valence-corrected chi connectivity index (χ0v) is 10.4. The van der Waals surface area contributed by atoms with Crippen LogP contribution in [0.25, 0.3) is 21.8 Å². The average Bonchev–Trinajstić information content (AvgIpc) is 3.06. The van der Waals surface area contributed by atoms with Crippen molar-refractivity contribution in [2.75, 3.05) is 0 Å². The highest BCUT2D eigenvalue weighted by Gasteiger charge is 2.05. The number of H-pyrrole nitrogens is 2. The Labute approximate surface area is 110 Å². The highest BCUT2D eigenvalue weighted by Crippen LogP contribution is 2.26. The minimum absolute atomic E-state index is 0.860. The molecule has 4 aromatic rings. The first-order valence-corrected chi connectivity index (χ1v) is 6.37. The van der Waals surface area contributed by atoms with Gasteiger partial charge in [0.1, 0.15) is 0 Å². The quantitative estimate of drug-likeness (QED) is 0.558. The second-order valence-corrected chi connectivity index (χ2v) is 4.79. The average molecular weight is 247 g/mol. The van der Waals surface area contributed by atoms with Gasteiger partial charge >= 0.3 is 0 Å². The van der Waals surface area contributed by atoms with Crippen LogP contribution in [0, 0.1) is 0 Å². The van der Waals surface area contributed by atoms with Crippen molar-refractivity contribution in [2.45, 2.75) is 6.42 Å². The molecule has 2 N–H and O–H groups in total. The fourth-order valence-electron chi connectivity index (χ4n) is 2.60. The van der Waals surface area contributed by atoms with E-state index in [1.54, 1.807) is 6.33 Å². The molecule has 0 bridgehead atoms. The molecule has 3 nitrogen and oxygen atoms in total. The van der Waals surface area contributed by atoms with Crippen LogP contribution in [-0.4, -0.2) is 15.0 Å². The Balaban J connectivity index is 1.87. The van der Waals surface area contributed by atoms with Crippen LogP contribution in [0.5, 0.6) is 0 Å². The zero-order chi connectivity index (χ0) is 12.7. The van der Waals surface area contributed by atoms with Gasteiger partial charge in [-0.25, -0.2) is 4.98 Å². The van der Waals surface area contributed by atoms with E-state index in [1.807, 2.05) is 6.20 Å². The minimum Gasteiger partial charge on any atom is -0.355 e. The highest BCUT2D eigenvalue weighted by atomic mass is 14.9. The number of fused-ring (bicyclic) bond motifs is 3. The fraction of sp³-hybridized carbons (Fsp3) is 0.0625. The molecule has 0 fully saturated rings. The Morgan fingerprint density at radius 3 is 2.74 bits per heavy atom. The third kappa shape index (κ3) is 1.71. The van der Waals surface area contributed by atoms with Crippen LogP contribution >= 0.6 is 0 Å². The maximum atomic E-state index is 4.28. The summed E-state index contributed by atoms with van der Waals surface area (Å²) in [4.78, 5) is 10.7. The summed E-state index contributed by atoms with van der Waals surface area (Å²) in [7, 11) is 0. The molecule has 0 spiro atoms. The number of hydrogen-bond acceptors (Lipinski definition) is 1. The lowest BCUT2D eigenvalue weighted by atomic mass is 10.1. The second-order valence-electron chi connectivity index (χ2n) is 4.79. The summed E-state index contributed by atoms with van der Waals surface area (Å²) >= 11 is 0. The Morgan fingerprint density at radius 1 is 0.947 bits per heavy atom. The van der Waals surface area contributed by atoms with Gasteiger partial charge in [0.05, 0.1) is 12.0 Å². The van der Waals surface area contributed by atoms with Gasteiger partial charge in [-0.1, -0.05) is 24.3 Å². The van der Waals surface area contributed by atoms with Crippen molar-refractivity contribution in [3.8, 4) is 0 Å². The molecular formula is C16H13N3. The summed E-state index contributed by atoms with van der Waals surface area (Å²) in [5.41, 5.74) is 4.73. The number of hydrogen-bond donors (Lipinski definition) is 2. The van der Waals surface area contributed by atoms with Crippen LogP contribution in [-0.2, 0) is 6.42 Å². The first kappa shape index (κ1) is 10.4. The first-order valence-electron chi connectivity index (χ1n) is 6.37. The number of aromatic nitrogens is 3. The van der Waals surface area contributed by atoms with E-state index in [0.717, 1.165) is 12.1 Å². The predicted molar refractivity (Wildman–Crippen MR) is 77.2 cm³/mol. The Bertz CT molecular complexity index is 841. The van der Waals surface area contributed by atoms with E-state index < -0.39 is 0 Å². The van der Waals surface area contributed by atoms with E-state index in [-0.39, 0.29) is 0 Å². The molecule has 0 aliphatic rings. The number of rotatable bonds is 2. The molecule has 92 valence electrons. The van der Waals surface area contributed by atoms with E-state index in [9.17, 15) is 0 Å². The van der Waals surface area contributed by atoms with Crippen molar-refractivity contribution in [2.24, 2.45) is 0 Å². The summed E-state index contributed by atoms with van der Waals surface area (Å²) in [6, 6.07) is 15.0. The molecule has 0 radical (unpaired) electrons. The molecule has 0 unspecified atom stereocenters. The lowest BCUT2D eigenvalue weighted by molar-refractivity contribution is 1.11. The molecule has 0 aliphatic carbocycles. The van der Waals surface area contributed by atoms with Crippen molar-refractivity contribution < 1.29 is 0 Å². The van der Waals surface area contributed by atoms with Gasteiger partial charge in [-0.3, -0.25) is 0 Å². The van der Waals surface area contributed by atoms with Crippen molar-refractivity contribution in [3.63, 3.8) is 0 Å². The molecule has 2 aromatic heterocycles. The summed E-state index contributed by atoms with van der Waals surface area (Å²) in [5.74, 6) is 0. The smallest absolute Gasteiger partial charge is 0.0923 e. The topological polar surface area (TPSA) is 44.5 Å². The summed E-state index contributed by atoms with van der Waals surface area (Å²) in [5, 5.41) is 2.56. The number of imidazole rings is 1. The third-order valence-corrected chi connectivity index (χ3v) is 3.51. The number of aromatic amines is 2. The fourth-order valence-corrected chi connectivity index (χ4v) is 2.60. The molecule has 0 aliphatic heterocycles. The molecule has 0 atom stereocenters. The lowest BCUT2D eigenvalue weighted by Crippen LogP contribution is -1.87. The van der Waals surface area contributed by atoms with Gasteiger partial charge < -0.3 is 9.97 Å². The van der Waals surface area contributed by atoms with Gasteiger partial charge in [0.15, 0.2) is 0 Å². The molecule has 0 saturated carbocycles. The number of nitrogens with one attached hydrogen (secondary N) is 2. The highest BCUT2D eigenvalue weighted by molar-refractivity contribution is 6.07. The van der Waals surface area contributed by atoms with Crippen LogP contribution in [0.3, 0.4) is 0 Å². The van der Waals surface area contributed by atoms with Crippen molar-refractivity contribution in [3.05, 3.63) is 66.2 Å². The predicted octanol–water partition coefficient (Wildman–Crippen LogP) is 3.64.